The van der Waals surface area contributed by atoms with Gasteiger partial charge in [-0.25, -0.2) is 0 Å². The molecule has 1 unspecified atom stereocenters. The molecule has 1 aromatic heterocycles. The van der Waals surface area contributed by atoms with E-state index in [1.807, 2.05) is 4.90 Å². The summed E-state index contributed by atoms with van der Waals surface area (Å²) in [5.74, 6) is -0.160. The molecular weight excluding hydrogens is 342 g/mol. The lowest BCUT2D eigenvalue weighted by Gasteiger charge is -2.22. The van der Waals surface area contributed by atoms with Crippen molar-refractivity contribution in [3.05, 3.63) is 54.0 Å². The molecule has 0 bridgehead atoms. The summed E-state index contributed by atoms with van der Waals surface area (Å²) in [5.41, 5.74) is 6.89. The van der Waals surface area contributed by atoms with Gasteiger partial charge in [0.05, 0.1) is 6.26 Å². The van der Waals surface area contributed by atoms with E-state index in [0.29, 0.717) is 30.9 Å². The van der Waals surface area contributed by atoms with Crippen LogP contribution < -0.4 is 11.1 Å². The van der Waals surface area contributed by atoms with Gasteiger partial charge in [0.15, 0.2) is 5.76 Å². The predicted molar refractivity (Wildman–Crippen MR) is 98.0 cm³/mol. The molecular formula is C18H22ClN3O3. The Bertz CT molecular complexity index is 748. The van der Waals surface area contributed by atoms with Crippen LogP contribution in [0.25, 0.3) is 0 Å². The van der Waals surface area contributed by atoms with E-state index >= 15 is 0 Å². The van der Waals surface area contributed by atoms with E-state index in [0.717, 1.165) is 6.42 Å². The molecule has 6 nitrogen and oxygen atoms in total. The first-order chi connectivity index (χ1) is 11.5. The smallest absolute Gasteiger partial charge is 0.291 e. The number of hydrogen-bond donors (Lipinski definition) is 2. The molecule has 2 amide bonds. The van der Waals surface area contributed by atoms with Gasteiger partial charge >= 0.3 is 0 Å². The maximum absolute atomic E-state index is 12.7. The van der Waals surface area contributed by atoms with Crippen LogP contribution in [0.4, 0.5) is 5.69 Å². The standard InChI is InChI=1S/C18H21N3O3.ClH/c1-18(11-19)7-8-21(12-18)17(23)13-4-2-5-14(10-13)20-16(22)15-6-3-9-24-15;/h2-6,9-10H,7-8,11-12,19H2,1H3,(H,20,22);1H. The molecule has 3 N–H and O–H groups in total. The Morgan fingerprint density at radius 3 is 2.76 bits per heavy atom. The van der Waals surface area contributed by atoms with Crippen LogP contribution in [-0.2, 0) is 0 Å². The van der Waals surface area contributed by atoms with Crippen LogP contribution in [0.1, 0.15) is 34.3 Å². The zero-order valence-electron chi connectivity index (χ0n) is 14.0. The van der Waals surface area contributed by atoms with E-state index < -0.39 is 0 Å². The molecule has 0 spiro atoms. The summed E-state index contributed by atoms with van der Waals surface area (Å²) >= 11 is 0. The number of carbonyl (C=O) groups excluding carboxylic acids is 2. The van der Waals surface area contributed by atoms with Crippen LogP contribution >= 0.6 is 12.4 Å². The quantitative estimate of drug-likeness (QED) is 0.874. The Kier molecular flexibility index (Phi) is 5.87. The second kappa shape index (κ2) is 7.72. The summed E-state index contributed by atoms with van der Waals surface area (Å²) in [7, 11) is 0. The number of furan rings is 1. The van der Waals surface area contributed by atoms with Crippen LogP contribution in [0.2, 0.25) is 0 Å². The summed E-state index contributed by atoms with van der Waals surface area (Å²) < 4.78 is 5.06. The molecule has 2 heterocycles. The summed E-state index contributed by atoms with van der Waals surface area (Å²) in [6.45, 7) is 4.02. The number of halogens is 1. The van der Waals surface area contributed by atoms with E-state index in [-0.39, 0.29) is 35.4 Å². The highest BCUT2D eigenvalue weighted by Gasteiger charge is 2.35. The number of rotatable bonds is 4. The molecule has 1 atom stereocenters. The van der Waals surface area contributed by atoms with Crippen LogP contribution in [0, 0.1) is 5.41 Å². The normalized spacial score (nSPS) is 19.4. The Balaban J connectivity index is 0.00000225. The largest absolute Gasteiger partial charge is 0.459 e. The van der Waals surface area contributed by atoms with E-state index in [4.69, 9.17) is 10.2 Å². The summed E-state index contributed by atoms with van der Waals surface area (Å²) in [6, 6.07) is 10.2. The molecule has 1 fully saturated rings. The number of benzene rings is 1. The van der Waals surface area contributed by atoms with Gasteiger partial charge in [-0.05, 0) is 48.7 Å². The van der Waals surface area contributed by atoms with E-state index in [1.54, 1.807) is 36.4 Å². The lowest BCUT2D eigenvalue weighted by atomic mass is 9.90. The molecule has 7 heteroatoms. The summed E-state index contributed by atoms with van der Waals surface area (Å²) in [4.78, 5) is 26.5. The van der Waals surface area contributed by atoms with Gasteiger partial charge in [0.1, 0.15) is 0 Å². The van der Waals surface area contributed by atoms with Crippen molar-refractivity contribution in [3.8, 4) is 0 Å². The number of likely N-dealkylation sites (tertiary alicyclic amines) is 1. The fraction of sp³-hybridized carbons (Fsp3) is 0.333. The van der Waals surface area contributed by atoms with Gasteiger partial charge in [0.2, 0.25) is 0 Å². The topological polar surface area (TPSA) is 88.6 Å². The lowest BCUT2D eigenvalue weighted by Crippen LogP contribution is -2.34. The molecule has 1 aliphatic heterocycles. The Hall–Kier alpha value is -2.31. The highest BCUT2D eigenvalue weighted by atomic mass is 35.5. The van der Waals surface area contributed by atoms with Gasteiger partial charge in [0, 0.05) is 24.3 Å². The highest BCUT2D eigenvalue weighted by Crippen LogP contribution is 2.29. The van der Waals surface area contributed by atoms with Gasteiger partial charge in [-0.15, -0.1) is 12.4 Å². The Morgan fingerprint density at radius 2 is 2.12 bits per heavy atom. The van der Waals surface area contributed by atoms with Crippen LogP contribution in [0.3, 0.4) is 0 Å². The number of nitrogens with one attached hydrogen (secondary N) is 1. The van der Waals surface area contributed by atoms with Crippen molar-refractivity contribution in [1.29, 1.82) is 0 Å². The first kappa shape index (κ1) is 19.0. The van der Waals surface area contributed by atoms with Gasteiger partial charge in [-0.3, -0.25) is 9.59 Å². The summed E-state index contributed by atoms with van der Waals surface area (Å²) in [6.07, 6.45) is 2.35. The fourth-order valence-corrected chi connectivity index (χ4v) is 2.88. The van der Waals surface area contributed by atoms with Crippen molar-refractivity contribution in [2.24, 2.45) is 11.1 Å². The monoisotopic (exact) mass is 363 g/mol. The first-order valence-electron chi connectivity index (χ1n) is 7.95. The molecule has 2 aromatic rings. The number of hydrogen-bond acceptors (Lipinski definition) is 4. The zero-order chi connectivity index (χ0) is 17.2. The fourth-order valence-electron chi connectivity index (χ4n) is 2.88. The lowest BCUT2D eigenvalue weighted by molar-refractivity contribution is 0.0776. The molecule has 0 saturated carbocycles. The van der Waals surface area contributed by atoms with Gasteiger partial charge in [-0.1, -0.05) is 13.0 Å². The van der Waals surface area contributed by atoms with Crippen LogP contribution in [0.5, 0.6) is 0 Å². The van der Waals surface area contributed by atoms with Crippen LogP contribution in [0.15, 0.2) is 47.1 Å². The molecule has 0 aliphatic carbocycles. The minimum Gasteiger partial charge on any atom is -0.459 e. The molecule has 1 aliphatic rings. The molecule has 1 aromatic carbocycles. The average Bonchev–Trinajstić information content (AvgIpc) is 3.25. The molecule has 134 valence electrons. The highest BCUT2D eigenvalue weighted by molar-refractivity contribution is 6.03. The third-order valence-electron chi connectivity index (χ3n) is 4.45. The Morgan fingerprint density at radius 1 is 1.32 bits per heavy atom. The van der Waals surface area contributed by atoms with Crippen molar-refractivity contribution in [2.75, 3.05) is 25.0 Å². The second-order valence-electron chi connectivity index (χ2n) is 6.50. The number of nitrogens with two attached hydrogens (primary N) is 1. The third kappa shape index (κ3) is 4.21. The Labute approximate surface area is 152 Å². The second-order valence-corrected chi connectivity index (χ2v) is 6.50. The maximum Gasteiger partial charge on any atom is 0.291 e. The van der Waals surface area contributed by atoms with E-state index in [2.05, 4.69) is 12.2 Å². The van der Waals surface area contributed by atoms with Crippen molar-refractivity contribution >= 4 is 29.9 Å². The number of anilines is 1. The van der Waals surface area contributed by atoms with E-state index in [1.165, 1.54) is 6.26 Å². The SMILES string of the molecule is CC1(CN)CCN(C(=O)c2cccc(NC(=O)c3ccco3)c2)C1.Cl. The zero-order valence-corrected chi connectivity index (χ0v) is 14.8. The van der Waals surface area contributed by atoms with Crippen molar-refractivity contribution in [2.45, 2.75) is 13.3 Å². The maximum atomic E-state index is 12.7. The van der Waals surface area contributed by atoms with Crippen LogP contribution in [-0.4, -0.2) is 36.3 Å². The van der Waals surface area contributed by atoms with Gasteiger partial charge in [-0.2, -0.15) is 0 Å². The number of amides is 2. The van der Waals surface area contributed by atoms with Crippen molar-refractivity contribution in [3.63, 3.8) is 0 Å². The minimum atomic E-state index is -0.346. The molecule has 3 rings (SSSR count). The molecule has 25 heavy (non-hydrogen) atoms. The predicted octanol–water partition coefficient (Wildman–Crippen LogP) is 2.76. The number of nitrogens with zero attached hydrogens (tertiary/aromatic N) is 1. The minimum absolute atomic E-state index is 0. The van der Waals surface area contributed by atoms with Crippen molar-refractivity contribution < 1.29 is 14.0 Å². The first-order valence-corrected chi connectivity index (χ1v) is 7.95. The van der Waals surface area contributed by atoms with Crippen molar-refractivity contribution in [1.82, 2.24) is 4.90 Å². The third-order valence-corrected chi connectivity index (χ3v) is 4.45. The van der Waals surface area contributed by atoms with Gasteiger partial charge in [0.25, 0.3) is 11.8 Å². The molecule has 1 saturated heterocycles. The summed E-state index contributed by atoms with van der Waals surface area (Å²) in [5, 5.41) is 2.73. The number of carbonyl (C=O) groups is 2. The molecule has 0 radical (unpaired) electrons. The van der Waals surface area contributed by atoms with Gasteiger partial charge < -0.3 is 20.4 Å². The average molecular weight is 364 g/mol. The van der Waals surface area contributed by atoms with E-state index in [9.17, 15) is 9.59 Å².